The smallest absolute Gasteiger partial charge is 0.252 e. The van der Waals surface area contributed by atoms with Gasteiger partial charge in [0.2, 0.25) is 0 Å². The third-order valence-electron chi connectivity index (χ3n) is 2.22. The molecular formula is C12H14ClNO3. The van der Waals surface area contributed by atoms with Gasteiger partial charge in [-0.15, -0.1) is 11.6 Å². The Kier molecular flexibility index (Phi) is 4.97. The molecule has 17 heavy (non-hydrogen) atoms. The molecule has 4 nitrogen and oxygen atoms in total. The van der Waals surface area contributed by atoms with E-state index in [1.165, 1.54) is 4.90 Å². The Morgan fingerprint density at radius 3 is 2.53 bits per heavy atom. The van der Waals surface area contributed by atoms with E-state index in [9.17, 15) is 9.59 Å². The van der Waals surface area contributed by atoms with Crippen LogP contribution < -0.4 is 9.64 Å². The SMILES string of the molecule is CCOc1ccc(N(C)C(=O)C(Cl)C=O)cc1. The van der Waals surface area contributed by atoms with Crippen LogP contribution >= 0.6 is 11.6 Å². The van der Waals surface area contributed by atoms with Crippen LogP contribution in [0.2, 0.25) is 0 Å². The molecular weight excluding hydrogens is 242 g/mol. The molecule has 0 aliphatic heterocycles. The second kappa shape index (κ2) is 6.25. The van der Waals surface area contributed by atoms with Gasteiger partial charge in [0.1, 0.15) is 12.0 Å². The van der Waals surface area contributed by atoms with Gasteiger partial charge in [0.15, 0.2) is 5.38 Å². The fourth-order valence-electron chi connectivity index (χ4n) is 1.30. The molecule has 1 rings (SSSR count). The number of halogens is 1. The molecule has 0 aromatic heterocycles. The summed E-state index contributed by atoms with van der Waals surface area (Å²) >= 11 is 5.56. The van der Waals surface area contributed by atoms with Gasteiger partial charge in [0.25, 0.3) is 5.91 Å². The van der Waals surface area contributed by atoms with Crippen molar-refractivity contribution < 1.29 is 14.3 Å². The monoisotopic (exact) mass is 255 g/mol. The number of amides is 1. The Morgan fingerprint density at radius 1 is 1.47 bits per heavy atom. The second-order valence-electron chi connectivity index (χ2n) is 3.36. The number of carbonyl (C=O) groups is 2. The van der Waals surface area contributed by atoms with E-state index in [0.717, 1.165) is 5.75 Å². The number of ether oxygens (including phenoxy) is 1. The highest BCUT2D eigenvalue weighted by molar-refractivity contribution is 6.40. The van der Waals surface area contributed by atoms with Gasteiger partial charge >= 0.3 is 0 Å². The molecule has 92 valence electrons. The van der Waals surface area contributed by atoms with Crippen molar-refractivity contribution in [1.29, 1.82) is 0 Å². The Bertz CT molecular complexity index is 391. The highest BCUT2D eigenvalue weighted by atomic mass is 35.5. The van der Waals surface area contributed by atoms with Crippen molar-refractivity contribution in [3.05, 3.63) is 24.3 Å². The Labute approximate surface area is 105 Å². The maximum Gasteiger partial charge on any atom is 0.252 e. The largest absolute Gasteiger partial charge is 0.494 e. The zero-order valence-electron chi connectivity index (χ0n) is 9.72. The fourth-order valence-corrected chi connectivity index (χ4v) is 1.45. The van der Waals surface area contributed by atoms with E-state index in [0.29, 0.717) is 18.6 Å². The summed E-state index contributed by atoms with van der Waals surface area (Å²) < 4.78 is 5.28. The molecule has 0 bridgehead atoms. The van der Waals surface area contributed by atoms with Gasteiger partial charge in [0.05, 0.1) is 6.61 Å². The van der Waals surface area contributed by atoms with Crippen LogP contribution in [0.15, 0.2) is 24.3 Å². The highest BCUT2D eigenvalue weighted by Gasteiger charge is 2.19. The molecule has 5 heteroatoms. The minimum atomic E-state index is -1.15. The molecule has 0 aliphatic carbocycles. The van der Waals surface area contributed by atoms with Gasteiger partial charge in [-0.3, -0.25) is 4.79 Å². The van der Waals surface area contributed by atoms with Gasteiger partial charge < -0.3 is 14.4 Å². The van der Waals surface area contributed by atoms with E-state index < -0.39 is 11.3 Å². The van der Waals surface area contributed by atoms with Gasteiger partial charge in [-0.05, 0) is 31.2 Å². The first-order chi connectivity index (χ1) is 8.10. The normalized spacial score (nSPS) is 11.7. The standard InChI is InChI=1S/C12H14ClNO3/c1-3-17-10-6-4-9(5-7-10)14(2)12(16)11(13)8-15/h4-8,11H,3H2,1-2H3. The zero-order chi connectivity index (χ0) is 12.8. The summed E-state index contributed by atoms with van der Waals surface area (Å²) in [6.07, 6.45) is 0.412. The first kappa shape index (κ1) is 13.5. The number of benzene rings is 1. The first-order valence-electron chi connectivity index (χ1n) is 5.20. The topological polar surface area (TPSA) is 46.6 Å². The number of anilines is 1. The van der Waals surface area contributed by atoms with Crippen LogP contribution in [0.5, 0.6) is 5.75 Å². The third kappa shape index (κ3) is 3.46. The number of nitrogens with zero attached hydrogens (tertiary/aromatic N) is 1. The molecule has 0 aliphatic rings. The van der Waals surface area contributed by atoms with Crippen LogP contribution in [0.4, 0.5) is 5.69 Å². The van der Waals surface area contributed by atoms with Crippen molar-refractivity contribution in [2.75, 3.05) is 18.6 Å². The molecule has 0 fully saturated rings. The van der Waals surface area contributed by atoms with Crippen molar-refractivity contribution in [3.8, 4) is 5.75 Å². The van der Waals surface area contributed by atoms with Gasteiger partial charge in [-0.25, -0.2) is 0 Å². The van der Waals surface area contributed by atoms with E-state index in [2.05, 4.69) is 0 Å². The minimum Gasteiger partial charge on any atom is -0.494 e. The maximum atomic E-state index is 11.6. The molecule has 1 amide bonds. The van der Waals surface area contributed by atoms with Crippen LogP contribution in [-0.2, 0) is 9.59 Å². The number of alkyl halides is 1. The van der Waals surface area contributed by atoms with E-state index in [4.69, 9.17) is 16.3 Å². The molecule has 1 aromatic rings. The zero-order valence-corrected chi connectivity index (χ0v) is 10.5. The predicted octanol–water partition coefficient (Wildman–Crippen LogP) is 1.85. The number of rotatable bonds is 5. The summed E-state index contributed by atoms with van der Waals surface area (Å²) in [6, 6.07) is 6.98. The Balaban J connectivity index is 2.78. The van der Waals surface area contributed by atoms with E-state index >= 15 is 0 Å². The van der Waals surface area contributed by atoms with E-state index in [1.54, 1.807) is 31.3 Å². The van der Waals surface area contributed by atoms with Gasteiger partial charge in [-0.1, -0.05) is 0 Å². The lowest BCUT2D eigenvalue weighted by molar-refractivity contribution is -0.121. The third-order valence-corrected chi connectivity index (χ3v) is 2.51. The molecule has 0 N–H and O–H groups in total. The average molecular weight is 256 g/mol. The van der Waals surface area contributed by atoms with Crippen molar-refractivity contribution in [2.24, 2.45) is 0 Å². The fraction of sp³-hybridized carbons (Fsp3) is 0.333. The summed E-state index contributed by atoms with van der Waals surface area (Å²) in [6.45, 7) is 2.48. The number of carbonyl (C=O) groups excluding carboxylic acids is 2. The van der Waals surface area contributed by atoms with Crippen LogP contribution in [0.25, 0.3) is 0 Å². The van der Waals surface area contributed by atoms with Crippen LogP contribution in [0.1, 0.15) is 6.92 Å². The van der Waals surface area contributed by atoms with Crippen LogP contribution in [-0.4, -0.2) is 31.2 Å². The Morgan fingerprint density at radius 2 is 2.06 bits per heavy atom. The van der Waals surface area contributed by atoms with Gasteiger partial charge in [0, 0.05) is 12.7 Å². The summed E-state index contributed by atoms with van der Waals surface area (Å²) in [7, 11) is 1.57. The highest BCUT2D eigenvalue weighted by Crippen LogP contribution is 2.19. The molecule has 0 spiro atoms. The summed E-state index contributed by atoms with van der Waals surface area (Å²) in [5.74, 6) is 0.278. The molecule has 0 saturated heterocycles. The molecule has 1 aromatic carbocycles. The molecule has 1 atom stereocenters. The molecule has 1 unspecified atom stereocenters. The number of aldehydes is 1. The van der Waals surface area contributed by atoms with Crippen molar-refractivity contribution in [1.82, 2.24) is 0 Å². The summed E-state index contributed by atoms with van der Waals surface area (Å²) in [5, 5.41) is -1.15. The maximum absolute atomic E-state index is 11.6. The van der Waals surface area contributed by atoms with Crippen LogP contribution in [0.3, 0.4) is 0 Å². The average Bonchev–Trinajstić information content (AvgIpc) is 2.37. The Hall–Kier alpha value is -1.55. The summed E-state index contributed by atoms with van der Waals surface area (Å²) in [5.41, 5.74) is 0.658. The minimum absolute atomic E-state index is 0.412. The lowest BCUT2D eigenvalue weighted by Crippen LogP contribution is -2.34. The molecule has 0 heterocycles. The lowest BCUT2D eigenvalue weighted by atomic mass is 10.2. The van der Waals surface area contributed by atoms with Crippen molar-refractivity contribution >= 4 is 29.5 Å². The lowest BCUT2D eigenvalue weighted by Gasteiger charge is -2.18. The number of hydrogen-bond acceptors (Lipinski definition) is 3. The second-order valence-corrected chi connectivity index (χ2v) is 3.83. The number of hydrogen-bond donors (Lipinski definition) is 0. The van der Waals surface area contributed by atoms with Crippen molar-refractivity contribution in [3.63, 3.8) is 0 Å². The van der Waals surface area contributed by atoms with Gasteiger partial charge in [-0.2, -0.15) is 0 Å². The van der Waals surface area contributed by atoms with Crippen molar-refractivity contribution in [2.45, 2.75) is 12.3 Å². The van der Waals surface area contributed by atoms with E-state index in [1.807, 2.05) is 6.92 Å². The quantitative estimate of drug-likeness (QED) is 0.458. The van der Waals surface area contributed by atoms with Crippen LogP contribution in [0, 0.1) is 0 Å². The molecule has 0 radical (unpaired) electrons. The van der Waals surface area contributed by atoms with E-state index in [-0.39, 0.29) is 0 Å². The molecule has 0 saturated carbocycles. The summed E-state index contributed by atoms with van der Waals surface area (Å²) in [4.78, 5) is 23.4. The predicted molar refractivity (Wildman–Crippen MR) is 66.7 cm³/mol. The first-order valence-corrected chi connectivity index (χ1v) is 5.63.